The molecule has 99 heavy (non-hydrogen) atoms. The monoisotopic (exact) mass is 1390 g/mol. The van der Waals surface area contributed by atoms with Gasteiger partial charge in [-0.15, -0.1) is 0 Å². The van der Waals surface area contributed by atoms with E-state index in [9.17, 15) is 19.0 Å². The fourth-order valence-corrected chi connectivity index (χ4v) is 11.2. The predicted molar refractivity (Wildman–Crippen MR) is 431 cm³/mol. The van der Waals surface area contributed by atoms with Crippen molar-refractivity contribution in [2.75, 3.05) is 26.4 Å². The van der Waals surface area contributed by atoms with E-state index in [0.29, 0.717) is 6.42 Å². The number of carbonyl (C=O) groups is 2. The standard InChI is InChI=1S/C89H144NO8P/c1-3-5-7-9-11-13-15-17-19-21-23-25-27-29-31-33-35-37-39-41-42-43-44-46-48-50-52-54-56-58-60-62-64-66-68-70-72-74-76-78-80-82-89(92)98-87(86-97-99(93,94)96-84-83-90)85-95-88(91)81-79-77-75-73-71-69-67-65-63-61-59-57-55-53-51-49-47-45-40-38-36-34-32-30-28-26-24-22-20-18-16-14-12-10-8-6-4-2/h5-8,11-14,17-20,23-26,29-32,35,37,41-42,44,46,50,52,56,58,62,64,68,70,87H,3-4,9-10,15-16,21-22,27-28,33-34,36,38-40,43,45,47-49,51,53-55,57,59-61,63,65-67,69,71-86,90H2,1-2H3,(H,93,94)/b7-5-,8-6-,13-11-,14-12-,19-17-,20-18-,25-23-,26-24-,31-29-,32-30-,37-35-,42-41-,46-44-,52-50-,58-56-,64-62-,70-68-. The summed E-state index contributed by atoms with van der Waals surface area (Å²) in [7, 11) is -4.42. The number of nitrogens with two attached hydrogens (primary N) is 1. The second kappa shape index (κ2) is 81.6. The lowest BCUT2D eigenvalue weighted by Gasteiger charge is -2.19. The van der Waals surface area contributed by atoms with Gasteiger partial charge in [0.1, 0.15) is 6.61 Å². The number of hydrogen-bond donors (Lipinski definition) is 2. The molecule has 558 valence electrons. The number of hydrogen-bond acceptors (Lipinski definition) is 8. The van der Waals surface area contributed by atoms with Gasteiger partial charge in [0.15, 0.2) is 6.10 Å². The molecule has 0 saturated heterocycles. The number of esters is 2. The zero-order valence-electron chi connectivity index (χ0n) is 62.9. The summed E-state index contributed by atoms with van der Waals surface area (Å²) in [6, 6.07) is 0. The lowest BCUT2D eigenvalue weighted by atomic mass is 10.0. The maximum Gasteiger partial charge on any atom is 0.472 e. The summed E-state index contributed by atoms with van der Waals surface area (Å²) in [5.74, 6) is -0.861. The Morgan fingerprint density at radius 3 is 0.778 bits per heavy atom. The molecule has 0 aliphatic heterocycles. The van der Waals surface area contributed by atoms with Gasteiger partial charge in [-0.05, 0) is 148 Å². The van der Waals surface area contributed by atoms with Crippen LogP contribution in [0, 0.1) is 0 Å². The Morgan fingerprint density at radius 1 is 0.303 bits per heavy atom. The summed E-state index contributed by atoms with van der Waals surface area (Å²) in [5.41, 5.74) is 5.41. The fraction of sp³-hybridized carbons (Fsp3) is 0.596. The molecule has 9 nitrogen and oxygen atoms in total. The normalized spacial score (nSPS) is 14.0. The molecular weight excluding hydrogens is 1240 g/mol. The van der Waals surface area contributed by atoms with Crippen LogP contribution in [0.1, 0.15) is 309 Å². The Hall–Kier alpha value is -5.41. The van der Waals surface area contributed by atoms with Crippen LogP contribution in [0.4, 0.5) is 0 Å². The molecule has 0 amide bonds. The molecule has 10 heteroatoms. The van der Waals surface area contributed by atoms with E-state index in [1.165, 1.54) is 122 Å². The van der Waals surface area contributed by atoms with Gasteiger partial charge in [-0.1, -0.05) is 355 Å². The molecule has 0 aromatic rings. The van der Waals surface area contributed by atoms with Gasteiger partial charge < -0.3 is 20.1 Å². The topological polar surface area (TPSA) is 134 Å². The minimum Gasteiger partial charge on any atom is -0.462 e. The number of phosphoric ester groups is 1. The highest BCUT2D eigenvalue weighted by Crippen LogP contribution is 2.43. The summed E-state index contributed by atoms with van der Waals surface area (Å²) < 4.78 is 33.2. The van der Waals surface area contributed by atoms with Crippen molar-refractivity contribution in [2.45, 2.75) is 315 Å². The van der Waals surface area contributed by atoms with Gasteiger partial charge >= 0.3 is 19.8 Å². The maximum absolute atomic E-state index is 12.8. The Kier molecular flexibility index (Phi) is 77.1. The quantitative estimate of drug-likeness (QED) is 0.0264. The summed E-state index contributed by atoms with van der Waals surface area (Å²) in [6.45, 7) is 3.49. The average Bonchev–Trinajstić information content (AvgIpc) is 1.19. The third-order valence-corrected chi connectivity index (χ3v) is 17.1. The van der Waals surface area contributed by atoms with Crippen LogP contribution in [0.2, 0.25) is 0 Å². The Labute approximate surface area is 608 Å². The molecule has 0 aromatic carbocycles. The van der Waals surface area contributed by atoms with Crippen LogP contribution in [0.3, 0.4) is 0 Å². The molecule has 0 spiro atoms. The van der Waals surface area contributed by atoms with Crippen LogP contribution in [0.15, 0.2) is 207 Å². The number of ether oxygens (including phenoxy) is 2. The third-order valence-electron chi connectivity index (χ3n) is 16.2. The molecule has 0 radical (unpaired) electrons. The van der Waals surface area contributed by atoms with Crippen molar-refractivity contribution < 1.29 is 37.6 Å². The molecule has 3 N–H and O–H groups in total. The number of rotatable bonds is 72. The third kappa shape index (κ3) is 81.4. The summed E-state index contributed by atoms with van der Waals surface area (Å²) >= 11 is 0. The molecule has 0 heterocycles. The lowest BCUT2D eigenvalue weighted by molar-refractivity contribution is -0.161. The van der Waals surface area contributed by atoms with Gasteiger partial charge in [0.25, 0.3) is 0 Å². The van der Waals surface area contributed by atoms with Crippen LogP contribution in [-0.4, -0.2) is 49.3 Å². The zero-order chi connectivity index (χ0) is 71.5. The summed E-state index contributed by atoms with van der Waals surface area (Å²) in [6.07, 6.45) is 125. The predicted octanol–water partition coefficient (Wildman–Crippen LogP) is 27.0. The summed E-state index contributed by atoms with van der Waals surface area (Å²) in [4.78, 5) is 35.4. The highest BCUT2D eigenvalue weighted by Gasteiger charge is 2.26. The lowest BCUT2D eigenvalue weighted by Crippen LogP contribution is -2.29. The number of phosphoric acid groups is 1. The first-order chi connectivity index (χ1) is 48.8. The van der Waals surface area contributed by atoms with Gasteiger partial charge in [0.05, 0.1) is 13.2 Å². The second-order valence-electron chi connectivity index (χ2n) is 25.5. The van der Waals surface area contributed by atoms with E-state index in [1.54, 1.807) is 0 Å². The smallest absolute Gasteiger partial charge is 0.462 e. The summed E-state index contributed by atoms with van der Waals surface area (Å²) in [5, 5.41) is 0. The van der Waals surface area contributed by atoms with E-state index < -0.39 is 32.5 Å². The highest BCUT2D eigenvalue weighted by atomic mass is 31.2. The molecule has 2 atom stereocenters. The average molecular weight is 1390 g/mol. The molecule has 0 bridgehead atoms. The van der Waals surface area contributed by atoms with E-state index in [1.807, 2.05) is 0 Å². The minimum atomic E-state index is -4.42. The minimum absolute atomic E-state index is 0.0403. The highest BCUT2D eigenvalue weighted by molar-refractivity contribution is 7.47. The first-order valence-corrected chi connectivity index (χ1v) is 41.1. The van der Waals surface area contributed by atoms with Crippen molar-refractivity contribution in [3.63, 3.8) is 0 Å². The molecule has 0 saturated carbocycles. The van der Waals surface area contributed by atoms with Crippen LogP contribution >= 0.6 is 7.82 Å². The van der Waals surface area contributed by atoms with Crippen LogP contribution in [-0.2, 0) is 32.7 Å². The van der Waals surface area contributed by atoms with Gasteiger partial charge in [0.2, 0.25) is 0 Å². The molecule has 0 aliphatic carbocycles. The maximum atomic E-state index is 12.8. The van der Waals surface area contributed by atoms with Crippen molar-refractivity contribution in [3.05, 3.63) is 207 Å². The molecule has 0 aliphatic rings. The largest absolute Gasteiger partial charge is 0.472 e. The molecule has 0 fully saturated rings. The van der Waals surface area contributed by atoms with Crippen LogP contribution in [0.5, 0.6) is 0 Å². The number of unbranched alkanes of at least 4 members (excludes halogenated alkanes) is 25. The second-order valence-corrected chi connectivity index (χ2v) is 26.9. The van der Waals surface area contributed by atoms with Gasteiger partial charge in [-0.3, -0.25) is 18.6 Å². The van der Waals surface area contributed by atoms with Crippen LogP contribution in [0.25, 0.3) is 0 Å². The SMILES string of the molecule is CC/C=C\C/C=C\C/C=C\C/C=C\C/C=C\C/C=C\C/C=C\C/C=C\C/C=C\C/C=C\C/C=C\C/C=C\CCCCCCC(=O)OC(COC(=O)CCCCCCCCCCCCCCCCCCCCCCC/C=C\C/C=C\C/C=C\C/C=C\C/C=C\CC)COP(=O)(O)OCCN. The Morgan fingerprint density at radius 2 is 0.525 bits per heavy atom. The van der Waals surface area contributed by atoms with E-state index in [0.717, 1.165) is 154 Å². The molecule has 2 unspecified atom stereocenters. The van der Waals surface area contributed by atoms with Crippen molar-refractivity contribution in [1.29, 1.82) is 0 Å². The van der Waals surface area contributed by atoms with Crippen molar-refractivity contribution in [3.8, 4) is 0 Å². The fourth-order valence-electron chi connectivity index (χ4n) is 10.4. The van der Waals surface area contributed by atoms with Gasteiger partial charge in [-0.25, -0.2) is 4.57 Å². The zero-order valence-corrected chi connectivity index (χ0v) is 63.8. The van der Waals surface area contributed by atoms with E-state index in [-0.39, 0.29) is 32.6 Å². The number of carbonyl (C=O) groups excluding carboxylic acids is 2. The van der Waals surface area contributed by atoms with E-state index in [4.69, 9.17) is 24.3 Å². The van der Waals surface area contributed by atoms with Gasteiger partial charge in [-0.2, -0.15) is 0 Å². The molecular formula is C89H144NO8P. The molecule has 0 rings (SSSR count). The number of allylic oxidation sites excluding steroid dienone is 34. The molecule has 0 aromatic heterocycles. The Bertz CT molecular complexity index is 2390. The van der Waals surface area contributed by atoms with Crippen molar-refractivity contribution in [1.82, 2.24) is 0 Å². The van der Waals surface area contributed by atoms with Crippen molar-refractivity contribution in [2.24, 2.45) is 5.73 Å². The Balaban J connectivity index is 3.95. The van der Waals surface area contributed by atoms with Crippen LogP contribution < -0.4 is 5.73 Å². The first kappa shape index (κ1) is 93.6. The van der Waals surface area contributed by atoms with Crippen molar-refractivity contribution >= 4 is 19.8 Å². The van der Waals surface area contributed by atoms with Gasteiger partial charge in [0, 0.05) is 19.4 Å². The van der Waals surface area contributed by atoms with E-state index >= 15 is 0 Å². The first-order valence-electron chi connectivity index (χ1n) is 39.6. The van der Waals surface area contributed by atoms with E-state index in [2.05, 4.69) is 220 Å².